The van der Waals surface area contributed by atoms with E-state index in [1.807, 2.05) is 13.0 Å². The molecular formula is C16H19N3O5. The zero-order valence-corrected chi connectivity index (χ0v) is 14.0. The third kappa shape index (κ3) is 4.48. The molecule has 0 saturated carbocycles. The first-order chi connectivity index (χ1) is 11.7. The summed E-state index contributed by atoms with van der Waals surface area (Å²) in [5.74, 6) is 1.59. The third-order valence-electron chi connectivity index (χ3n) is 2.87. The molecule has 2 aromatic rings. The van der Waals surface area contributed by atoms with Crippen LogP contribution in [0.25, 0.3) is 0 Å². The Morgan fingerprint density at radius 1 is 0.958 bits per heavy atom. The van der Waals surface area contributed by atoms with Crippen LogP contribution in [0, 0.1) is 0 Å². The largest absolute Gasteiger partial charge is 0.493 e. The standard InChI is InChI=1S/C16H19N3O5/c1-5-23-17-10-11-6-7-12(20-2)13(8-11)24-16-18-14(21-3)9-15(19-16)22-4/h6-10H,5H2,1-4H3. The number of hydrogen-bond acceptors (Lipinski definition) is 8. The second kappa shape index (κ2) is 8.56. The van der Waals surface area contributed by atoms with E-state index in [0.29, 0.717) is 29.9 Å². The molecule has 0 N–H and O–H groups in total. The highest BCUT2D eigenvalue weighted by Crippen LogP contribution is 2.32. The van der Waals surface area contributed by atoms with E-state index in [9.17, 15) is 0 Å². The van der Waals surface area contributed by atoms with Crippen molar-refractivity contribution >= 4 is 6.21 Å². The molecule has 2 rings (SSSR count). The smallest absolute Gasteiger partial charge is 0.328 e. The molecule has 8 heteroatoms. The van der Waals surface area contributed by atoms with Gasteiger partial charge >= 0.3 is 6.01 Å². The maximum Gasteiger partial charge on any atom is 0.328 e. The molecule has 1 aromatic carbocycles. The summed E-state index contributed by atoms with van der Waals surface area (Å²) in [6, 6.07) is 6.93. The zero-order valence-electron chi connectivity index (χ0n) is 14.0. The molecule has 1 heterocycles. The summed E-state index contributed by atoms with van der Waals surface area (Å²) in [6.45, 7) is 2.35. The van der Waals surface area contributed by atoms with Gasteiger partial charge in [-0.1, -0.05) is 5.16 Å². The van der Waals surface area contributed by atoms with Gasteiger partial charge in [0.1, 0.15) is 6.61 Å². The van der Waals surface area contributed by atoms with Crippen LogP contribution in [0.3, 0.4) is 0 Å². The minimum absolute atomic E-state index is 0.0726. The van der Waals surface area contributed by atoms with Crippen LogP contribution in [0.1, 0.15) is 12.5 Å². The molecule has 0 fully saturated rings. The molecule has 0 amide bonds. The van der Waals surface area contributed by atoms with Gasteiger partial charge in [-0.15, -0.1) is 0 Å². The van der Waals surface area contributed by atoms with Gasteiger partial charge in [-0.05, 0) is 25.1 Å². The van der Waals surface area contributed by atoms with Crippen molar-refractivity contribution in [3.05, 3.63) is 29.8 Å². The van der Waals surface area contributed by atoms with Gasteiger partial charge in [-0.25, -0.2) is 0 Å². The Labute approximate surface area is 140 Å². The van der Waals surface area contributed by atoms with Crippen molar-refractivity contribution in [2.75, 3.05) is 27.9 Å². The van der Waals surface area contributed by atoms with Crippen LogP contribution in [0.5, 0.6) is 29.3 Å². The maximum absolute atomic E-state index is 5.72. The molecule has 0 saturated heterocycles. The predicted molar refractivity (Wildman–Crippen MR) is 87.4 cm³/mol. The van der Waals surface area contributed by atoms with Crippen molar-refractivity contribution in [3.63, 3.8) is 0 Å². The predicted octanol–water partition coefficient (Wildman–Crippen LogP) is 2.67. The molecular weight excluding hydrogens is 314 g/mol. The Kier molecular flexibility index (Phi) is 6.18. The minimum atomic E-state index is 0.0726. The Morgan fingerprint density at radius 3 is 2.25 bits per heavy atom. The second-order valence-electron chi connectivity index (χ2n) is 4.40. The average molecular weight is 333 g/mol. The van der Waals surface area contributed by atoms with E-state index in [2.05, 4.69) is 15.1 Å². The summed E-state index contributed by atoms with van der Waals surface area (Å²) in [4.78, 5) is 13.2. The molecule has 8 nitrogen and oxygen atoms in total. The summed E-state index contributed by atoms with van der Waals surface area (Å²) in [7, 11) is 4.54. The van der Waals surface area contributed by atoms with E-state index in [1.165, 1.54) is 14.2 Å². The highest BCUT2D eigenvalue weighted by Gasteiger charge is 2.12. The molecule has 0 aliphatic heterocycles. The van der Waals surface area contributed by atoms with E-state index < -0.39 is 0 Å². The molecule has 0 atom stereocenters. The minimum Gasteiger partial charge on any atom is -0.493 e. The average Bonchev–Trinajstić information content (AvgIpc) is 2.61. The lowest BCUT2D eigenvalue weighted by atomic mass is 10.2. The normalized spacial score (nSPS) is 10.5. The number of oxime groups is 1. The van der Waals surface area contributed by atoms with Crippen LogP contribution < -0.4 is 18.9 Å². The van der Waals surface area contributed by atoms with Crippen LogP contribution in [0.15, 0.2) is 29.4 Å². The first kappa shape index (κ1) is 17.3. The van der Waals surface area contributed by atoms with E-state index in [4.69, 9.17) is 23.8 Å². The Bertz CT molecular complexity index is 684. The molecule has 24 heavy (non-hydrogen) atoms. The van der Waals surface area contributed by atoms with Crippen LogP contribution in [-0.2, 0) is 4.84 Å². The number of hydrogen-bond donors (Lipinski definition) is 0. The fraction of sp³-hybridized carbons (Fsp3) is 0.312. The van der Waals surface area contributed by atoms with Gasteiger partial charge in [-0.3, -0.25) is 0 Å². The van der Waals surface area contributed by atoms with Crippen LogP contribution in [0.4, 0.5) is 0 Å². The number of rotatable bonds is 8. The van der Waals surface area contributed by atoms with Crippen molar-refractivity contribution in [2.24, 2.45) is 5.16 Å². The summed E-state index contributed by atoms with van der Waals surface area (Å²) in [5.41, 5.74) is 0.772. The lowest BCUT2D eigenvalue weighted by molar-refractivity contribution is 0.160. The van der Waals surface area contributed by atoms with E-state index in [1.54, 1.807) is 31.5 Å². The molecule has 128 valence electrons. The second-order valence-corrected chi connectivity index (χ2v) is 4.40. The Morgan fingerprint density at radius 2 is 1.67 bits per heavy atom. The molecule has 0 spiro atoms. The van der Waals surface area contributed by atoms with Gasteiger partial charge in [-0.2, -0.15) is 9.97 Å². The third-order valence-corrected chi connectivity index (χ3v) is 2.87. The lowest BCUT2D eigenvalue weighted by Gasteiger charge is -2.11. The van der Waals surface area contributed by atoms with Crippen LogP contribution in [0.2, 0.25) is 0 Å². The molecule has 0 bridgehead atoms. The monoisotopic (exact) mass is 333 g/mol. The van der Waals surface area contributed by atoms with Gasteiger partial charge < -0.3 is 23.8 Å². The molecule has 0 unspecified atom stereocenters. The molecule has 1 aromatic heterocycles. The van der Waals surface area contributed by atoms with Crippen molar-refractivity contribution in [1.29, 1.82) is 0 Å². The van der Waals surface area contributed by atoms with Gasteiger partial charge in [0.25, 0.3) is 0 Å². The maximum atomic E-state index is 5.72. The molecule has 0 aliphatic carbocycles. The fourth-order valence-electron chi connectivity index (χ4n) is 1.76. The van der Waals surface area contributed by atoms with Gasteiger partial charge in [0.05, 0.1) is 33.6 Å². The topological polar surface area (TPSA) is 84.3 Å². The van der Waals surface area contributed by atoms with Gasteiger partial charge in [0.15, 0.2) is 11.5 Å². The summed E-state index contributed by atoms with van der Waals surface area (Å²) < 4.78 is 21.2. The van der Waals surface area contributed by atoms with E-state index in [-0.39, 0.29) is 6.01 Å². The number of nitrogens with zero attached hydrogens (tertiary/aromatic N) is 3. The lowest BCUT2D eigenvalue weighted by Crippen LogP contribution is -1.99. The fourth-order valence-corrected chi connectivity index (χ4v) is 1.76. The van der Waals surface area contributed by atoms with E-state index in [0.717, 1.165) is 5.56 Å². The highest BCUT2D eigenvalue weighted by molar-refractivity contribution is 5.80. The van der Waals surface area contributed by atoms with Crippen LogP contribution >= 0.6 is 0 Å². The van der Waals surface area contributed by atoms with Crippen molar-refractivity contribution in [1.82, 2.24) is 9.97 Å². The summed E-state index contributed by atoms with van der Waals surface area (Å²) in [5, 5.41) is 3.83. The van der Waals surface area contributed by atoms with Crippen molar-refractivity contribution < 1.29 is 23.8 Å². The number of methoxy groups -OCH3 is 3. The van der Waals surface area contributed by atoms with Crippen molar-refractivity contribution in [2.45, 2.75) is 6.92 Å². The number of aromatic nitrogens is 2. The molecule has 0 aliphatic rings. The van der Waals surface area contributed by atoms with Gasteiger partial charge in [0.2, 0.25) is 11.8 Å². The SMILES string of the molecule is CCON=Cc1ccc(OC)c(Oc2nc(OC)cc(OC)n2)c1. The van der Waals surface area contributed by atoms with Crippen LogP contribution in [-0.4, -0.2) is 44.1 Å². The zero-order chi connectivity index (χ0) is 17.4. The summed E-state index contributed by atoms with van der Waals surface area (Å²) in [6.07, 6.45) is 1.57. The van der Waals surface area contributed by atoms with E-state index >= 15 is 0 Å². The highest BCUT2D eigenvalue weighted by atomic mass is 16.6. The number of benzene rings is 1. The van der Waals surface area contributed by atoms with Crippen molar-refractivity contribution in [3.8, 4) is 29.3 Å². The van der Waals surface area contributed by atoms with Gasteiger partial charge in [0, 0.05) is 5.56 Å². The first-order valence-electron chi connectivity index (χ1n) is 7.18. The number of ether oxygens (including phenoxy) is 4. The Balaban J connectivity index is 2.31. The quantitative estimate of drug-likeness (QED) is 0.542. The Hall–Kier alpha value is -3.03. The first-order valence-corrected chi connectivity index (χ1v) is 7.18. The summed E-state index contributed by atoms with van der Waals surface area (Å²) >= 11 is 0. The molecule has 0 radical (unpaired) electrons.